The Morgan fingerprint density at radius 1 is 0.949 bits per heavy atom. The number of rotatable bonds is 11. The van der Waals surface area contributed by atoms with Crippen molar-refractivity contribution in [3.63, 3.8) is 0 Å². The summed E-state index contributed by atoms with van der Waals surface area (Å²) in [6.07, 6.45) is -8.53. The second-order valence-corrected chi connectivity index (χ2v) is 15.9. The third-order valence-electron chi connectivity index (χ3n) is 10.6. The minimum Gasteiger partial charge on any atom is -0.479 e. The number of aliphatic hydroxyl groups excluding tert-OH is 6. The Kier molecular flexibility index (Phi) is 21.1. The first kappa shape index (κ1) is 52.2. The lowest BCUT2D eigenvalue weighted by molar-refractivity contribution is -0.344. The van der Waals surface area contributed by atoms with E-state index in [9.17, 15) is 44.7 Å². The molecule has 9 N–H and O–H groups in total. The molecule has 11 unspecified atom stereocenters. The maximum Gasteiger partial charge on any atom is 0.335 e. The van der Waals surface area contributed by atoms with Crippen LogP contribution in [0.3, 0.4) is 0 Å². The molecular weight excluding hydrogens is 786 g/mol. The first-order valence-electron chi connectivity index (χ1n) is 19.5. The number of hydrogen-bond donors (Lipinski definition) is 9. The number of likely N-dealkylation sites (N-methyl/N-ethyl adjacent to an activating group) is 1. The zero-order valence-electron chi connectivity index (χ0n) is 34.8. The molecule has 0 aromatic rings. The lowest BCUT2D eigenvalue weighted by Gasteiger charge is -2.50. The zero-order valence-corrected chi connectivity index (χ0v) is 34.8. The minimum atomic E-state index is -2.27. The van der Waals surface area contributed by atoms with Crippen LogP contribution in [0.25, 0.3) is 0 Å². The number of carbonyl (C=O) groups excluding carboxylic acids is 2. The van der Waals surface area contributed by atoms with Crippen molar-refractivity contribution < 1.29 is 93.6 Å². The van der Waals surface area contributed by atoms with E-state index in [4.69, 9.17) is 48.8 Å². The number of esters is 1. The fourth-order valence-electron chi connectivity index (χ4n) is 7.31. The number of methoxy groups -OCH3 is 1. The van der Waals surface area contributed by atoms with Gasteiger partial charge in [0, 0.05) is 26.4 Å². The standard InChI is InChI=1S/C35H59NO13.C4H6O6/c1-19-16-23(14-15-37)31(32(44-8)25(39)17-26(40)45-20(2)12-10-9-11-13-24(19)38)49-34-29(41)28(36(6)7)30(21(3)47-34)48-27-18-35(5,43)33(42)22(4)46-27;5-1(3(7)8)2(6)4(9)10/h9-11,13,15,19-25,27-34,38-39,41-43H,12,14,16-18H2,1-8H3;1-2,5-6H,(H,7,8)(H,9,10)/b10-9-,13-11+;/t19?,20?,21-,22-,23?,24?,25?,27?,28-,29-,30-,31?,32?,33-,34?,35+;/m1./s1. The van der Waals surface area contributed by atoms with Crippen LogP contribution < -0.4 is 0 Å². The van der Waals surface area contributed by atoms with Gasteiger partial charge in [0.1, 0.15) is 36.8 Å². The Balaban J connectivity index is 0.00000106. The molecule has 0 amide bonds. The van der Waals surface area contributed by atoms with E-state index in [0.29, 0.717) is 6.42 Å². The molecular formula is C39H65NO19. The van der Waals surface area contributed by atoms with Crippen molar-refractivity contribution in [3.05, 3.63) is 24.3 Å². The Labute approximate surface area is 343 Å². The highest BCUT2D eigenvalue weighted by molar-refractivity contribution is 5.83. The number of nitrogens with zero attached hydrogens (tertiary/aromatic N) is 1. The smallest absolute Gasteiger partial charge is 0.335 e. The van der Waals surface area contributed by atoms with Crippen molar-refractivity contribution >= 4 is 24.2 Å². The van der Waals surface area contributed by atoms with Crippen molar-refractivity contribution in [2.45, 2.75) is 164 Å². The quantitative estimate of drug-likeness (QED) is 0.0864. The van der Waals surface area contributed by atoms with Gasteiger partial charge in [-0.2, -0.15) is 0 Å². The Morgan fingerprint density at radius 2 is 1.56 bits per heavy atom. The third-order valence-corrected chi connectivity index (χ3v) is 10.6. The van der Waals surface area contributed by atoms with Crippen molar-refractivity contribution in [1.82, 2.24) is 4.90 Å². The van der Waals surface area contributed by atoms with E-state index in [2.05, 4.69) is 0 Å². The lowest BCUT2D eigenvalue weighted by atomic mass is 9.82. The topological polar surface area (TPSA) is 309 Å². The van der Waals surface area contributed by atoms with Gasteiger partial charge >= 0.3 is 17.9 Å². The number of aldehydes is 1. The van der Waals surface area contributed by atoms with Crippen molar-refractivity contribution in [2.24, 2.45) is 11.8 Å². The molecule has 18 atom stereocenters. The van der Waals surface area contributed by atoms with Gasteiger partial charge in [0.15, 0.2) is 24.8 Å². The van der Waals surface area contributed by atoms with E-state index >= 15 is 0 Å². The Morgan fingerprint density at radius 3 is 2.08 bits per heavy atom. The largest absolute Gasteiger partial charge is 0.479 e. The first-order chi connectivity index (χ1) is 27.5. The van der Waals surface area contributed by atoms with Crippen molar-refractivity contribution in [3.8, 4) is 0 Å². The summed E-state index contributed by atoms with van der Waals surface area (Å²) in [7, 11) is 4.86. The van der Waals surface area contributed by atoms with Crippen LogP contribution in [0.5, 0.6) is 0 Å². The molecule has 0 saturated carbocycles. The average molecular weight is 852 g/mol. The molecule has 59 heavy (non-hydrogen) atoms. The average Bonchev–Trinajstić information content (AvgIpc) is 3.13. The summed E-state index contributed by atoms with van der Waals surface area (Å²) in [6, 6.07) is -0.721. The van der Waals surface area contributed by atoms with Crippen molar-refractivity contribution in [1.29, 1.82) is 0 Å². The number of carbonyl (C=O) groups is 4. The third kappa shape index (κ3) is 15.2. The molecule has 0 bridgehead atoms. The molecule has 340 valence electrons. The highest BCUT2D eigenvalue weighted by atomic mass is 16.7. The molecule has 3 rings (SSSR count). The fraction of sp³-hybridized carbons (Fsp3) is 0.795. The SMILES string of the molecule is COC1C(O)CC(=O)OC(C)C/C=C\C=C\C(O)C(C)CC(CC=O)C1OC1O[C@H](C)[C@@H](OC2C[C@](C)(O)[C@H](O)[C@@H](C)O2)[C@H](N(C)C)[C@H]1O.O=C(O)C(O)C(O)C(=O)O. The van der Waals surface area contributed by atoms with Gasteiger partial charge in [-0.25, -0.2) is 9.59 Å². The summed E-state index contributed by atoms with van der Waals surface area (Å²) in [4.78, 5) is 46.2. The van der Waals surface area contributed by atoms with E-state index in [0.717, 1.165) is 6.29 Å². The fourth-order valence-corrected chi connectivity index (χ4v) is 7.31. The van der Waals surface area contributed by atoms with Crippen LogP contribution in [0.15, 0.2) is 24.3 Å². The molecule has 0 aromatic carbocycles. The van der Waals surface area contributed by atoms with E-state index in [-0.39, 0.29) is 25.2 Å². The van der Waals surface area contributed by atoms with Crippen LogP contribution in [0.4, 0.5) is 0 Å². The molecule has 20 heteroatoms. The number of carboxylic acid groups (broad SMARTS) is 2. The van der Waals surface area contributed by atoms with Gasteiger partial charge in [0.05, 0.1) is 48.6 Å². The number of hydrogen-bond acceptors (Lipinski definition) is 18. The molecule has 0 aliphatic carbocycles. The van der Waals surface area contributed by atoms with E-state index in [1.54, 1.807) is 58.0 Å². The molecule has 3 aliphatic heterocycles. The summed E-state index contributed by atoms with van der Waals surface area (Å²) in [5.74, 6) is -5.18. The summed E-state index contributed by atoms with van der Waals surface area (Å²) in [6.45, 7) is 8.44. The molecule has 0 aromatic heterocycles. The van der Waals surface area contributed by atoms with E-state index in [1.807, 2.05) is 13.0 Å². The van der Waals surface area contributed by atoms with Crippen LogP contribution in [0.2, 0.25) is 0 Å². The molecule has 3 heterocycles. The highest BCUT2D eigenvalue weighted by Gasteiger charge is 2.51. The molecule has 2 fully saturated rings. The molecule has 2 saturated heterocycles. The van der Waals surface area contributed by atoms with Crippen LogP contribution in [0, 0.1) is 11.8 Å². The van der Waals surface area contributed by atoms with Gasteiger partial charge in [0.2, 0.25) is 0 Å². The van der Waals surface area contributed by atoms with Gasteiger partial charge in [-0.1, -0.05) is 31.2 Å². The van der Waals surface area contributed by atoms with Crippen LogP contribution in [-0.2, 0) is 47.6 Å². The molecule has 0 radical (unpaired) electrons. The maximum atomic E-state index is 12.8. The Hall–Kier alpha value is -2.96. The monoisotopic (exact) mass is 851 g/mol. The number of ether oxygens (including phenoxy) is 6. The van der Waals surface area contributed by atoms with Gasteiger partial charge in [-0.3, -0.25) is 4.79 Å². The molecule has 20 nitrogen and oxygen atoms in total. The number of cyclic esters (lactones) is 1. The molecule has 3 aliphatic rings. The summed E-state index contributed by atoms with van der Waals surface area (Å²) >= 11 is 0. The second-order valence-electron chi connectivity index (χ2n) is 15.9. The lowest BCUT2D eigenvalue weighted by Crippen LogP contribution is -2.65. The van der Waals surface area contributed by atoms with Crippen LogP contribution in [-0.4, -0.2) is 194 Å². The van der Waals surface area contributed by atoms with Gasteiger partial charge in [0.25, 0.3) is 0 Å². The van der Waals surface area contributed by atoms with Gasteiger partial charge in [-0.05, 0) is 60.0 Å². The van der Waals surface area contributed by atoms with Crippen molar-refractivity contribution in [2.75, 3.05) is 21.2 Å². The predicted octanol–water partition coefficient (Wildman–Crippen LogP) is -1.28. The number of allylic oxidation sites excluding steroid dienone is 2. The predicted molar refractivity (Wildman–Crippen MR) is 204 cm³/mol. The van der Waals surface area contributed by atoms with Gasteiger partial charge in [-0.15, -0.1) is 0 Å². The number of aliphatic carboxylic acids is 2. The molecule has 0 spiro atoms. The minimum absolute atomic E-state index is 0.0164. The first-order valence-corrected chi connectivity index (χ1v) is 19.5. The van der Waals surface area contributed by atoms with Gasteiger partial charge < -0.3 is 84.1 Å². The maximum absolute atomic E-state index is 12.8. The number of carboxylic acids is 2. The summed E-state index contributed by atoms with van der Waals surface area (Å²) in [5, 5.41) is 87.7. The summed E-state index contributed by atoms with van der Waals surface area (Å²) < 4.78 is 36.1. The second kappa shape index (κ2) is 23.9. The number of aliphatic hydroxyl groups is 7. The normalized spacial score (nSPS) is 41.0. The highest BCUT2D eigenvalue weighted by Crippen LogP contribution is 2.36. The van der Waals surface area contributed by atoms with E-state index < -0.39 is 128 Å². The zero-order chi connectivity index (χ0) is 44.9. The Bertz CT molecular complexity index is 1380. The van der Waals surface area contributed by atoms with E-state index in [1.165, 1.54) is 14.0 Å². The summed E-state index contributed by atoms with van der Waals surface area (Å²) in [5.41, 5.74) is -1.46. The van der Waals surface area contributed by atoms with Crippen LogP contribution in [0.1, 0.15) is 66.7 Å². The van der Waals surface area contributed by atoms with Crippen LogP contribution >= 0.6 is 0 Å².